The summed E-state index contributed by atoms with van der Waals surface area (Å²) in [6.45, 7) is 15.9. The van der Waals surface area contributed by atoms with Gasteiger partial charge >= 0.3 is 0 Å². The Morgan fingerprint density at radius 1 is 1.06 bits per heavy atom. The molecule has 4 heterocycles. The van der Waals surface area contributed by atoms with E-state index in [2.05, 4.69) is 57.9 Å². The molecule has 35 heavy (non-hydrogen) atoms. The molecule has 5 rings (SSSR count). The summed E-state index contributed by atoms with van der Waals surface area (Å²) in [4.78, 5) is 14.5. The largest absolute Gasteiger partial charge is 0.491 e. The van der Waals surface area contributed by atoms with Crippen molar-refractivity contribution in [1.29, 1.82) is 0 Å². The van der Waals surface area contributed by atoms with Crippen molar-refractivity contribution in [2.75, 3.05) is 51.1 Å². The molecule has 2 aromatic rings. The Kier molecular flexibility index (Phi) is 7.07. The van der Waals surface area contributed by atoms with Crippen molar-refractivity contribution in [3.05, 3.63) is 65.0 Å². The molecule has 0 spiro atoms. The summed E-state index contributed by atoms with van der Waals surface area (Å²) in [6, 6.07) is 8.58. The molecular weight excluding hydrogens is 457 g/mol. The average Bonchev–Trinajstić information content (AvgIpc) is 3.07. The van der Waals surface area contributed by atoms with Crippen molar-refractivity contribution in [2.24, 2.45) is 4.99 Å². The minimum atomic E-state index is 0.645. The molecule has 0 bridgehead atoms. The number of aryl methyl sites for hydroxylation is 1. The summed E-state index contributed by atoms with van der Waals surface area (Å²) in [5.74, 6) is 2.06. The van der Waals surface area contributed by atoms with Crippen LogP contribution >= 0.6 is 8.58 Å². The Balaban J connectivity index is 1.42. The third kappa shape index (κ3) is 5.21. The zero-order chi connectivity index (χ0) is 24.4. The van der Waals surface area contributed by atoms with E-state index in [-0.39, 0.29) is 0 Å². The molecule has 3 aliphatic rings. The summed E-state index contributed by atoms with van der Waals surface area (Å²) in [6.07, 6.45) is 2.79. The van der Waals surface area contributed by atoms with Crippen LogP contribution in [0.3, 0.4) is 0 Å². The third-order valence-electron chi connectivity index (χ3n) is 6.60. The van der Waals surface area contributed by atoms with Gasteiger partial charge in [-0.05, 0) is 53.1 Å². The number of allylic oxidation sites excluding steroid dienone is 1. The summed E-state index contributed by atoms with van der Waals surface area (Å²) in [7, 11) is 0.726. The number of fused-ring (bicyclic) bond motifs is 1. The number of ether oxygens (including phenoxy) is 2. The minimum Gasteiger partial charge on any atom is -0.491 e. The number of aliphatic imine (C=N–C) groups is 1. The fraction of sp³-hybridized carbons (Fsp3) is 0.407. The summed E-state index contributed by atoms with van der Waals surface area (Å²) in [5, 5.41) is 3.32. The molecule has 1 aromatic carbocycles. The highest BCUT2D eigenvalue weighted by atomic mass is 31.1. The van der Waals surface area contributed by atoms with Gasteiger partial charge in [0.05, 0.1) is 37.4 Å². The van der Waals surface area contributed by atoms with Crippen molar-refractivity contribution in [3.63, 3.8) is 0 Å². The van der Waals surface area contributed by atoms with E-state index < -0.39 is 0 Å². The predicted octanol–water partition coefficient (Wildman–Crippen LogP) is 4.81. The molecule has 1 saturated heterocycles. The van der Waals surface area contributed by atoms with Crippen molar-refractivity contribution < 1.29 is 9.47 Å². The van der Waals surface area contributed by atoms with Crippen LogP contribution in [0.25, 0.3) is 11.1 Å². The Morgan fingerprint density at radius 2 is 1.86 bits per heavy atom. The molecule has 1 aromatic heterocycles. The second-order valence-corrected chi connectivity index (χ2v) is 10.4. The first kappa shape index (κ1) is 23.8. The molecule has 7 nitrogen and oxygen atoms in total. The third-order valence-corrected chi connectivity index (χ3v) is 7.94. The molecule has 1 fully saturated rings. The van der Waals surface area contributed by atoms with Gasteiger partial charge in [-0.1, -0.05) is 12.6 Å². The first-order chi connectivity index (χ1) is 17.0. The van der Waals surface area contributed by atoms with Crippen molar-refractivity contribution in [2.45, 2.75) is 27.3 Å². The molecule has 1 unspecified atom stereocenters. The number of pyridine rings is 1. The molecule has 0 saturated carbocycles. The van der Waals surface area contributed by atoms with Crippen LogP contribution in [0.15, 0.2) is 58.7 Å². The maximum absolute atomic E-state index is 6.16. The summed E-state index contributed by atoms with van der Waals surface area (Å²) < 4.78 is 11.7. The topological polar surface area (TPSA) is 62.2 Å². The van der Waals surface area contributed by atoms with Crippen LogP contribution < -0.4 is 10.1 Å². The molecular formula is C27H34N5O2P. The lowest BCUT2D eigenvalue weighted by atomic mass is 10.0. The fourth-order valence-electron chi connectivity index (χ4n) is 4.82. The van der Waals surface area contributed by atoms with E-state index in [1.54, 1.807) is 0 Å². The summed E-state index contributed by atoms with van der Waals surface area (Å²) in [5.41, 5.74) is 8.94. The number of morpholine rings is 1. The number of hydrogen-bond donors (Lipinski definition) is 1. The Labute approximate surface area is 209 Å². The first-order valence-electron chi connectivity index (χ1n) is 12.2. The lowest BCUT2D eigenvalue weighted by Gasteiger charge is -2.36. The molecule has 0 amide bonds. The van der Waals surface area contributed by atoms with Gasteiger partial charge in [-0.3, -0.25) is 9.98 Å². The highest BCUT2D eigenvalue weighted by Crippen LogP contribution is 2.37. The maximum atomic E-state index is 6.16. The second kappa shape index (κ2) is 10.4. The lowest BCUT2D eigenvalue weighted by Crippen LogP contribution is -2.39. The van der Waals surface area contributed by atoms with Crippen LogP contribution in [0.1, 0.15) is 25.1 Å². The number of nitrogens with zero attached hydrogens (tertiary/aromatic N) is 4. The van der Waals surface area contributed by atoms with Crippen LogP contribution in [0.4, 0.5) is 5.69 Å². The van der Waals surface area contributed by atoms with E-state index in [0.717, 1.165) is 94.0 Å². The van der Waals surface area contributed by atoms with Gasteiger partial charge in [-0.25, -0.2) is 0 Å². The van der Waals surface area contributed by atoms with Crippen LogP contribution in [-0.4, -0.2) is 66.4 Å². The van der Waals surface area contributed by atoms with E-state index >= 15 is 0 Å². The first-order valence-corrected chi connectivity index (χ1v) is 13.4. The average molecular weight is 492 g/mol. The molecule has 184 valence electrons. The standard InChI is InChI=1S/C27H34N5O2P/c1-18(2)30-24-14-22(15-28-20(24)4)21-5-6-25-23(13-21)16-32(9-12-34-25)26-19(3)27(35-17-29-26)31-7-10-33-11-8-31/h5-6,13-15,30,35H,1,7-12,16-17H2,2-4H3. The van der Waals surface area contributed by atoms with Crippen LogP contribution in [0.5, 0.6) is 5.75 Å². The molecule has 3 aliphatic heterocycles. The van der Waals surface area contributed by atoms with Gasteiger partial charge in [-0.15, -0.1) is 0 Å². The highest BCUT2D eigenvalue weighted by Gasteiger charge is 2.26. The van der Waals surface area contributed by atoms with Crippen LogP contribution in [0.2, 0.25) is 0 Å². The molecule has 8 heteroatoms. The van der Waals surface area contributed by atoms with E-state index in [9.17, 15) is 0 Å². The van der Waals surface area contributed by atoms with Crippen LogP contribution in [-0.2, 0) is 11.3 Å². The van der Waals surface area contributed by atoms with Crippen molar-refractivity contribution in [1.82, 2.24) is 14.8 Å². The van der Waals surface area contributed by atoms with Gasteiger partial charge in [0.25, 0.3) is 0 Å². The zero-order valence-electron chi connectivity index (χ0n) is 20.9. The van der Waals surface area contributed by atoms with Crippen molar-refractivity contribution >= 4 is 20.1 Å². The zero-order valence-corrected chi connectivity index (χ0v) is 21.9. The molecule has 0 radical (unpaired) electrons. The van der Waals surface area contributed by atoms with Crippen LogP contribution in [0, 0.1) is 6.92 Å². The normalized spacial score (nSPS) is 19.1. The number of rotatable bonds is 4. The van der Waals surface area contributed by atoms with E-state index in [4.69, 9.17) is 14.5 Å². The number of anilines is 1. The van der Waals surface area contributed by atoms with Gasteiger partial charge < -0.3 is 24.6 Å². The second-order valence-electron chi connectivity index (χ2n) is 9.24. The number of amidine groups is 1. The lowest BCUT2D eigenvalue weighted by molar-refractivity contribution is 0.0571. The quantitative estimate of drug-likeness (QED) is 0.620. The smallest absolute Gasteiger partial charge is 0.129 e. The molecule has 0 aliphatic carbocycles. The van der Waals surface area contributed by atoms with Crippen molar-refractivity contribution in [3.8, 4) is 16.9 Å². The van der Waals surface area contributed by atoms with E-state index in [1.807, 2.05) is 20.0 Å². The summed E-state index contributed by atoms with van der Waals surface area (Å²) >= 11 is 0. The van der Waals surface area contributed by atoms with E-state index in [1.165, 1.54) is 16.6 Å². The molecule has 1 atom stereocenters. The van der Waals surface area contributed by atoms with Gasteiger partial charge in [0, 0.05) is 53.7 Å². The number of hydrogen-bond acceptors (Lipinski definition) is 7. The Hall–Kier alpha value is -2.89. The Bertz CT molecular complexity index is 1190. The Morgan fingerprint density at radius 3 is 2.66 bits per heavy atom. The van der Waals surface area contributed by atoms with Gasteiger partial charge in [-0.2, -0.15) is 0 Å². The number of benzene rings is 1. The number of aromatic nitrogens is 1. The molecule has 1 N–H and O–H groups in total. The SMILES string of the molecule is C=C(C)Nc1cc(-c2ccc3c(c2)CN(C2=NCPC(N4CCOCC4)=C2C)CCO3)cnc1C. The number of nitrogens with one attached hydrogen (secondary N) is 1. The highest BCUT2D eigenvalue weighted by molar-refractivity contribution is 7.43. The predicted molar refractivity (Wildman–Crippen MR) is 144 cm³/mol. The fourth-order valence-corrected chi connectivity index (χ4v) is 6.02. The monoisotopic (exact) mass is 491 g/mol. The maximum Gasteiger partial charge on any atom is 0.129 e. The van der Waals surface area contributed by atoms with Gasteiger partial charge in [0.15, 0.2) is 0 Å². The van der Waals surface area contributed by atoms with E-state index in [0.29, 0.717) is 6.61 Å². The van der Waals surface area contributed by atoms with Gasteiger partial charge in [0.1, 0.15) is 18.2 Å². The minimum absolute atomic E-state index is 0.645. The van der Waals surface area contributed by atoms with Gasteiger partial charge in [0.2, 0.25) is 0 Å².